The van der Waals surface area contributed by atoms with Crippen LogP contribution in [0.5, 0.6) is 0 Å². The highest BCUT2D eigenvalue weighted by atomic mass is 16.4. The van der Waals surface area contributed by atoms with Crippen LogP contribution in [0.15, 0.2) is 6.07 Å². The normalized spacial score (nSPS) is 18.2. The van der Waals surface area contributed by atoms with Crippen LogP contribution < -0.4 is 0 Å². The largest absolute Gasteiger partial charge is 0.481 e. The van der Waals surface area contributed by atoms with Gasteiger partial charge in [-0.3, -0.25) is 9.59 Å². The van der Waals surface area contributed by atoms with Crippen molar-refractivity contribution in [2.45, 2.75) is 104 Å². The van der Waals surface area contributed by atoms with Gasteiger partial charge in [0.2, 0.25) is 0 Å². The van der Waals surface area contributed by atoms with Crippen LogP contribution in [0.4, 0.5) is 0 Å². The Hall–Kier alpha value is -1.84. The van der Waals surface area contributed by atoms with Gasteiger partial charge in [-0.05, 0) is 113 Å². The molecular weight excluding hydrogens is 376 g/mol. The summed E-state index contributed by atoms with van der Waals surface area (Å²) >= 11 is 0. The summed E-state index contributed by atoms with van der Waals surface area (Å²) in [7, 11) is 0. The molecule has 166 valence electrons. The molecule has 0 atom stereocenters. The molecule has 0 aliphatic heterocycles. The maximum atomic E-state index is 11.4. The van der Waals surface area contributed by atoms with Gasteiger partial charge in [0.1, 0.15) is 0 Å². The highest BCUT2D eigenvalue weighted by molar-refractivity contribution is 5.78. The number of aliphatic carboxylic acids is 2. The van der Waals surface area contributed by atoms with Crippen molar-refractivity contribution in [3.8, 4) is 0 Å². The highest BCUT2D eigenvalue weighted by Gasteiger charge is 2.49. The first-order chi connectivity index (χ1) is 14.2. The monoisotopic (exact) mass is 414 g/mol. The lowest BCUT2D eigenvalue weighted by molar-refractivity contribution is -0.144. The average Bonchev–Trinajstić information content (AvgIpc) is 3.59. The second-order valence-electron chi connectivity index (χ2n) is 10.0. The molecule has 0 radical (unpaired) electrons. The molecule has 2 fully saturated rings. The molecule has 2 N–H and O–H groups in total. The maximum absolute atomic E-state index is 11.4. The summed E-state index contributed by atoms with van der Waals surface area (Å²) in [6.45, 7) is 6.61. The van der Waals surface area contributed by atoms with Gasteiger partial charge in [0.15, 0.2) is 0 Å². The molecule has 4 nitrogen and oxygen atoms in total. The van der Waals surface area contributed by atoms with Crippen molar-refractivity contribution in [3.05, 3.63) is 33.9 Å². The Labute approximate surface area is 181 Å². The van der Waals surface area contributed by atoms with Crippen molar-refractivity contribution in [3.63, 3.8) is 0 Å². The third-order valence-electron chi connectivity index (χ3n) is 7.85. The number of hydrogen-bond donors (Lipinski definition) is 2. The average molecular weight is 415 g/mol. The van der Waals surface area contributed by atoms with Crippen molar-refractivity contribution < 1.29 is 19.8 Å². The molecule has 2 aliphatic carbocycles. The zero-order chi connectivity index (χ0) is 21.9. The Bertz CT molecular complexity index is 800. The van der Waals surface area contributed by atoms with Crippen LogP contribution in [0.3, 0.4) is 0 Å². The van der Waals surface area contributed by atoms with E-state index in [-0.39, 0.29) is 0 Å². The van der Waals surface area contributed by atoms with E-state index in [0.29, 0.717) is 0 Å². The Morgan fingerprint density at radius 3 is 1.70 bits per heavy atom. The van der Waals surface area contributed by atoms with Crippen LogP contribution in [0.1, 0.15) is 98.4 Å². The maximum Gasteiger partial charge on any atom is 0.309 e. The number of aryl methyl sites for hydroxylation is 2. The van der Waals surface area contributed by atoms with Crippen molar-refractivity contribution in [2.75, 3.05) is 0 Å². The summed E-state index contributed by atoms with van der Waals surface area (Å²) in [5, 5.41) is 18.7. The molecule has 0 saturated heterocycles. The van der Waals surface area contributed by atoms with Crippen LogP contribution in [0.2, 0.25) is 0 Å². The molecule has 0 unspecified atom stereocenters. The number of hydrogen-bond acceptors (Lipinski definition) is 2. The molecule has 0 amide bonds. The first kappa shape index (κ1) is 22.8. The summed E-state index contributed by atoms with van der Waals surface area (Å²) < 4.78 is 0. The minimum Gasteiger partial charge on any atom is -0.481 e. The molecular formula is C26H38O4. The lowest BCUT2D eigenvalue weighted by Crippen LogP contribution is -2.14. The van der Waals surface area contributed by atoms with Crippen molar-refractivity contribution >= 4 is 11.9 Å². The van der Waals surface area contributed by atoms with E-state index in [4.69, 9.17) is 0 Å². The van der Waals surface area contributed by atoms with E-state index < -0.39 is 22.8 Å². The van der Waals surface area contributed by atoms with E-state index in [1.54, 1.807) is 0 Å². The Kier molecular flexibility index (Phi) is 6.94. The second-order valence-corrected chi connectivity index (χ2v) is 10.0. The van der Waals surface area contributed by atoms with Crippen LogP contribution >= 0.6 is 0 Å². The van der Waals surface area contributed by atoms with Gasteiger partial charge in [-0.25, -0.2) is 0 Å². The minimum atomic E-state index is -0.610. The molecule has 0 spiro atoms. The van der Waals surface area contributed by atoms with Crippen molar-refractivity contribution in [1.29, 1.82) is 0 Å². The van der Waals surface area contributed by atoms with E-state index in [1.165, 1.54) is 27.8 Å². The van der Waals surface area contributed by atoms with Crippen LogP contribution in [0, 0.1) is 31.6 Å². The van der Waals surface area contributed by atoms with Crippen LogP contribution in [0.25, 0.3) is 0 Å². The lowest BCUT2D eigenvalue weighted by atomic mass is 9.87. The molecule has 1 aromatic carbocycles. The zero-order valence-corrected chi connectivity index (χ0v) is 19.0. The summed E-state index contributed by atoms with van der Waals surface area (Å²) in [6.07, 6.45) is 12.3. The fraction of sp³-hybridized carbons (Fsp3) is 0.692. The van der Waals surface area contributed by atoms with Crippen molar-refractivity contribution in [2.24, 2.45) is 10.8 Å². The third-order valence-corrected chi connectivity index (χ3v) is 7.85. The van der Waals surface area contributed by atoms with E-state index in [0.717, 1.165) is 83.5 Å². The summed E-state index contributed by atoms with van der Waals surface area (Å²) in [5.41, 5.74) is 6.23. The van der Waals surface area contributed by atoms with Gasteiger partial charge < -0.3 is 10.2 Å². The fourth-order valence-corrected chi connectivity index (χ4v) is 5.06. The first-order valence-corrected chi connectivity index (χ1v) is 11.8. The summed E-state index contributed by atoms with van der Waals surface area (Å²) in [4.78, 5) is 22.7. The van der Waals surface area contributed by atoms with E-state index in [9.17, 15) is 19.8 Å². The third kappa shape index (κ3) is 5.07. The smallest absolute Gasteiger partial charge is 0.309 e. The lowest BCUT2D eigenvalue weighted by Gasteiger charge is -2.19. The number of carboxylic acid groups (broad SMARTS) is 2. The van der Waals surface area contributed by atoms with Gasteiger partial charge in [0.05, 0.1) is 10.8 Å². The molecule has 3 rings (SSSR count). The van der Waals surface area contributed by atoms with E-state index in [2.05, 4.69) is 26.8 Å². The van der Waals surface area contributed by atoms with Crippen LogP contribution in [-0.2, 0) is 22.4 Å². The SMILES string of the molecule is Cc1cc(C)c(CCCCCC2(C(=O)O)CC2)c(CCCCC2(C(=O)O)CC2)c1C. The molecule has 1 aromatic rings. The molecule has 0 heterocycles. The quantitative estimate of drug-likeness (QED) is 0.379. The van der Waals surface area contributed by atoms with Gasteiger partial charge in [-0.15, -0.1) is 0 Å². The summed E-state index contributed by atoms with van der Waals surface area (Å²) in [6, 6.07) is 2.29. The van der Waals surface area contributed by atoms with Gasteiger partial charge in [-0.1, -0.05) is 25.3 Å². The fourth-order valence-electron chi connectivity index (χ4n) is 5.06. The number of benzene rings is 1. The number of carbonyl (C=O) groups is 2. The van der Waals surface area contributed by atoms with Gasteiger partial charge in [-0.2, -0.15) is 0 Å². The van der Waals surface area contributed by atoms with Crippen LogP contribution in [-0.4, -0.2) is 22.2 Å². The first-order valence-electron chi connectivity index (χ1n) is 11.8. The topological polar surface area (TPSA) is 74.6 Å². The molecule has 4 heteroatoms. The molecule has 0 aromatic heterocycles. The Morgan fingerprint density at radius 2 is 1.20 bits per heavy atom. The molecule has 2 aliphatic rings. The van der Waals surface area contributed by atoms with Gasteiger partial charge in [0, 0.05) is 0 Å². The second kappa shape index (κ2) is 9.11. The predicted octanol–water partition coefficient (Wildman–Crippen LogP) is 6.16. The minimum absolute atomic E-state index is 0.392. The van der Waals surface area contributed by atoms with E-state index in [1.807, 2.05) is 0 Å². The standard InChI is InChI=1S/C26H38O4/c1-18-17-19(2)21(9-5-4-7-11-25(13-14-25)23(27)28)22(20(18)3)10-6-8-12-26(15-16-26)24(29)30/h17H,4-16H2,1-3H3,(H,27,28)(H,29,30). The Balaban J connectivity index is 1.52. The number of rotatable bonds is 13. The highest BCUT2D eigenvalue weighted by Crippen LogP contribution is 2.50. The van der Waals surface area contributed by atoms with E-state index >= 15 is 0 Å². The zero-order valence-electron chi connectivity index (χ0n) is 19.0. The van der Waals surface area contributed by atoms with Crippen molar-refractivity contribution in [1.82, 2.24) is 0 Å². The number of unbranched alkanes of at least 4 members (excludes halogenated alkanes) is 3. The molecule has 2 saturated carbocycles. The van der Waals surface area contributed by atoms with Gasteiger partial charge >= 0.3 is 11.9 Å². The Morgan fingerprint density at radius 1 is 0.733 bits per heavy atom. The predicted molar refractivity (Wildman–Crippen MR) is 119 cm³/mol. The molecule has 0 bridgehead atoms. The molecule has 30 heavy (non-hydrogen) atoms. The van der Waals surface area contributed by atoms with Gasteiger partial charge in [0.25, 0.3) is 0 Å². The summed E-state index contributed by atoms with van der Waals surface area (Å²) in [5.74, 6) is -1.22. The number of carboxylic acids is 2.